The number of benzene rings is 1. The summed E-state index contributed by atoms with van der Waals surface area (Å²) in [6, 6.07) is 7.26. The molecule has 0 bridgehead atoms. The molecule has 1 aliphatic heterocycles. The number of carbonyl (C=O) groups excluding carboxylic acids is 1. The summed E-state index contributed by atoms with van der Waals surface area (Å²) in [6.45, 7) is 0. The molecule has 0 saturated carbocycles. The number of sulfone groups is 1. The normalized spacial score (nSPS) is 20.0. The third-order valence-electron chi connectivity index (χ3n) is 3.48. The molecule has 1 fully saturated rings. The van der Waals surface area contributed by atoms with E-state index in [1.807, 2.05) is 17.5 Å². The number of carbonyl (C=O) groups is 1. The summed E-state index contributed by atoms with van der Waals surface area (Å²) in [7, 11) is -3.06. The van der Waals surface area contributed by atoms with Crippen molar-refractivity contribution in [1.29, 1.82) is 0 Å². The number of hydrogen-bond donors (Lipinski definition) is 1. The molecule has 1 amide bonds. The maximum Gasteiger partial charge on any atom is 0.230 e. The number of nitrogens with one attached hydrogen (secondary N) is 1. The Bertz CT molecular complexity index is 800. The van der Waals surface area contributed by atoms with Crippen molar-refractivity contribution in [2.45, 2.75) is 6.42 Å². The van der Waals surface area contributed by atoms with Gasteiger partial charge in [-0.3, -0.25) is 4.79 Å². The van der Waals surface area contributed by atoms with Crippen LogP contribution in [0.25, 0.3) is 11.3 Å². The highest BCUT2D eigenvalue weighted by atomic mass is 35.5. The van der Waals surface area contributed by atoms with Crippen LogP contribution in [0.3, 0.4) is 0 Å². The van der Waals surface area contributed by atoms with E-state index in [2.05, 4.69) is 10.3 Å². The number of halogens is 1. The zero-order chi connectivity index (χ0) is 15.7. The molecule has 2 heterocycles. The zero-order valence-electron chi connectivity index (χ0n) is 11.5. The molecule has 5 nitrogen and oxygen atoms in total. The van der Waals surface area contributed by atoms with E-state index in [0.717, 1.165) is 11.3 Å². The lowest BCUT2D eigenvalue weighted by Gasteiger charge is -2.06. The van der Waals surface area contributed by atoms with Gasteiger partial charge in [-0.1, -0.05) is 23.7 Å². The largest absolute Gasteiger partial charge is 0.302 e. The van der Waals surface area contributed by atoms with Gasteiger partial charge in [-0.05, 0) is 18.6 Å². The van der Waals surface area contributed by atoms with Crippen molar-refractivity contribution in [2.75, 3.05) is 16.8 Å². The van der Waals surface area contributed by atoms with Gasteiger partial charge in [-0.25, -0.2) is 13.4 Å². The van der Waals surface area contributed by atoms with E-state index in [9.17, 15) is 13.2 Å². The maximum atomic E-state index is 12.1. The average Bonchev–Trinajstić information content (AvgIpc) is 3.06. The first kappa shape index (κ1) is 15.5. The van der Waals surface area contributed by atoms with Crippen LogP contribution in [0.4, 0.5) is 5.13 Å². The molecule has 8 heteroatoms. The lowest BCUT2D eigenvalue weighted by atomic mass is 10.1. The number of thiazole rings is 1. The van der Waals surface area contributed by atoms with Crippen molar-refractivity contribution in [3.8, 4) is 11.3 Å². The highest BCUT2D eigenvalue weighted by Gasteiger charge is 2.33. The van der Waals surface area contributed by atoms with Crippen molar-refractivity contribution in [1.82, 2.24) is 4.98 Å². The summed E-state index contributed by atoms with van der Waals surface area (Å²) in [4.78, 5) is 16.4. The second-order valence-corrected chi connectivity index (χ2v) is 8.66. The topological polar surface area (TPSA) is 76.1 Å². The first-order valence-corrected chi connectivity index (χ1v) is 9.74. The molecule has 0 unspecified atom stereocenters. The molecule has 1 N–H and O–H groups in total. The van der Waals surface area contributed by atoms with E-state index >= 15 is 0 Å². The van der Waals surface area contributed by atoms with Crippen LogP contribution in [0, 0.1) is 5.92 Å². The van der Waals surface area contributed by atoms with Crippen molar-refractivity contribution in [3.05, 3.63) is 34.7 Å². The van der Waals surface area contributed by atoms with Crippen LogP contribution in [0.15, 0.2) is 29.6 Å². The van der Waals surface area contributed by atoms with E-state index in [0.29, 0.717) is 16.6 Å². The lowest BCUT2D eigenvalue weighted by molar-refractivity contribution is -0.119. The van der Waals surface area contributed by atoms with Crippen molar-refractivity contribution < 1.29 is 13.2 Å². The smallest absolute Gasteiger partial charge is 0.230 e. The van der Waals surface area contributed by atoms with Gasteiger partial charge in [-0.2, -0.15) is 0 Å². The van der Waals surface area contributed by atoms with Gasteiger partial charge in [0.2, 0.25) is 5.91 Å². The second kappa shape index (κ2) is 5.98. The van der Waals surface area contributed by atoms with Gasteiger partial charge >= 0.3 is 0 Å². The molecule has 0 aliphatic carbocycles. The number of aromatic nitrogens is 1. The number of amides is 1. The fourth-order valence-electron chi connectivity index (χ4n) is 2.29. The Kier molecular flexibility index (Phi) is 4.20. The van der Waals surface area contributed by atoms with Gasteiger partial charge in [-0.15, -0.1) is 11.3 Å². The number of rotatable bonds is 3. The average molecular weight is 357 g/mol. The number of hydrogen-bond acceptors (Lipinski definition) is 5. The molecule has 3 rings (SSSR count). The highest BCUT2D eigenvalue weighted by molar-refractivity contribution is 7.91. The Morgan fingerprint density at radius 1 is 1.32 bits per heavy atom. The summed E-state index contributed by atoms with van der Waals surface area (Å²) in [5, 5.41) is 5.66. The van der Waals surface area contributed by atoms with Crippen LogP contribution in [0.2, 0.25) is 5.02 Å². The molecule has 2 aromatic rings. The maximum absolute atomic E-state index is 12.1. The Labute approximate surface area is 137 Å². The summed E-state index contributed by atoms with van der Waals surface area (Å²) >= 11 is 7.16. The fraction of sp³-hybridized carbons (Fsp3) is 0.286. The Hall–Kier alpha value is -1.44. The molecule has 116 valence electrons. The second-order valence-electron chi connectivity index (χ2n) is 5.13. The minimum atomic E-state index is -3.06. The predicted molar refractivity (Wildman–Crippen MR) is 88.0 cm³/mol. The molecular formula is C14H13ClN2O3S2. The van der Waals surface area contributed by atoms with Crippen molar-refractivity contribution in [2.24, 2.45) is 5.92 Å². The van der Waals surface area contributed by atoms with Crippen LogP contribution in [0.5, 0.6) is 0 Å². The van der Waals surface area contributed by atoms with E-state index < -0.39 is 15.8 Å². The predicted octanol–water partition coefficient (Wildman–Crippen LogP) is 2.84. The minimum absolute atomic E-state index is 0.0751. The van der Waals surface area contributed by atoms with Crippen LogP contribution in [-0.2, 0) is 14.6 Å². The quantitative estimate of drug-likeness (QED) is 0.917. The summed E-state index contributed by atoms with van der Waals surface area (Å²) in [5.41, 5.74) is 1.65. The van der Waals surface area contributed by atoms with Gasteiger partial charge in [0, 0.05) is 16.0 Å². The molecule has 0 spiro atoms. The van der Waals surface area contributed by atoms with Crippen LogP contribution < -0.4 is 5.32 Å². The fourth-order valence-corrected chi connectivity index (χ4v) is 4.88. The first-order chi connectivity index (χ1) is 10.4. The molecule has 22 heavy (non-hydrogen) atoms. The molecule has 1 aromatic heterocycles. The summed E-state index contributed by atoms with van der Waals surface area (Å²) in [6.07, 6.45) is 0.379. The third kappa shape index (κ3) is 3.48. The van der Waals surface area contributed by atoms with Crippen molar-refractivity contribution in [3.63, 3.8) is 0 Å². The van der Waals surface area contributed by atoms with Gasteiger partial charge in [0.15, 0.2) is 15.0 Å². The minimum Gasteiger partial charge on any atom is -0.302 e. The van der Waals surface area contributed by atoms with Crippen molar-refractivity contribution >= 4 is 43.8 Å². The van der Waals surface area contributed by atoms with Crippen LogP contribution in [-0.4, -0.2) is 30.8 Å². The van der Waals surface area contributed by atoms with Gasteiger partial charge in [0.25, 0.3) is 0 Å². The summed E-state index contributed by atoms with van der Waals surface area (Å²) in [5.74, 6) is -0.751. The summed E-state index contributed by atoms with van der Waals surface area (Å²) < 4.78 is 22.8. The van der Waals surface area contributed by atoms with E-state index in [1.54, 1.807) is 12.1 Å². The third-order valence-corrected chi connectivity index (χ3v) is 6.26. The van der Waals surface area contributed by atoms with Gasteiger partial charge in [0.1, 0.15) is 0 Å². The monoisotopic (exact) mass is 356 g/mol. The molecule has 0 radical (unpaired) electrons. The molecular weight excluding hydrogens is 344 g/mol. The number of anilines is 1. The Morgan fingerprint density at radius 2 is 2.05 bits per heavy atom. The molecule has 1 aromatic carbocycles. The molecule has 1 saturated heterocycles. The van der Waals surface area contributed by atoms with E-state index in [-0.39, 0.29) is 17.4 Å². The van der Waals surface area contributed by atoms with E-state index in [1.165, 1.54) is 11.3 Å². The SMILES string of the molecule is O=C(Nc1nc(-c2ccc(Cl)cc2)cs1)[C@H]1CCS(=O)(=O)C1. The first-order valence-electron chi connectivity index (χ1n) is 6.66. The Morgan fingerprint density at radius 3 is 2.68 bits per heavy atom. The van der Waals surface area contributed by atoms with Gasteiger partial charge in [0.05, 0.1) is 23.1 Å². The lowest BCUT2D eigenvalue weighted by Crippen LogP contribution is -2.23. The van der Waals surface area contributed by atoms with E-state index in [4.69, 9.17) is 11.6 Å². The molecule has 1 aliphatic rings. The number of nitrogens with zero attached hydrogens (tertiary/aromatic N) is 1. The van der Waals surface area contributed by atoms with Crippen LogP contribution >= 0.6 is 22.9 Å². The highest BCUT2D eigenvalue weighted by Crippen LogP contribution is 2.27. The zero-order valence-corrected chi connectivity index (χ0v) is 13.8. The molecule has 1 atom stereocenters. The van der Waals surface area contributed by atoms with Gasteiger partial charge < -0.3 is 5.32 Å². The van der Waals surface area contributed by atoms with Crippen LogP contribution in [0.1, 0.15) is 6.42 Å². The Balaban J connectivity index is 1.69. The standard InChI is InChI=1S/C14H13ClN2O3S2/c15-11-3-1-9(2-4-11)12-7-21-14(16-12)17-13(18)10-5-6-22(19,20)8-10/h1-4,7,10H,5-6,8H2,(H,16,17,18)/t10-/m0/s1.